The predicted molar refractivity (Wildman–Crippen MR) is 74.8 cm³/mol. The molecule has 0 spiro atoms. The summed E-state index contributed by atoms with van der Waals surface area (Å²) in [5.41, 5.74) is 1.35. The Morgan fingerprint density at radius 1 is 1.45 bits per heavy atom. The van der Waals surface area contributed by atoms with Gasteiger partial charge in [-0.2, -0.15) is 0 Å². The van der Waals surface area contributed by atoms with Crippen LogP contribution in [-0.2, 0) is 11.3 Å². The van der Waals surface area contributed by atoms with Crippen LogP contribution in [0.1, 0.15) is 19.4 Å². The number of benzene rings is 1. The first-order chi connectivity index (χ1) is 9.49. The molecule has 0 saturated heterocycles. The van der Waals surface area contributed by atoms with Crippen molar-refractivity contribution in [3.63, 3.8) is 0 Å². The maximum absolute atomic E-state index is 13.6. The summed E-state index contributed by atoms with van der Waals surface area (Å²) in [5, 5.41) is 12.8. The zero-order chi connectivity index (χ0) is 14.7. The van der Waals surface area contributed by atoms with E-state index in [2.05, 4.69) is 10.3 Å². The van der Waals surface area contributed by atoms with Crippen molar-refractivity contribution in [3.05, 3.63) is 41.8 Å². The van der Waals surface area contributed by atoms with Gasteiger partial charge in [-0.3, -0.25) is 15.1 Å². The maximum Gasteiger partial charge on any atom is 0.320 e. The van der Waals surface area contributed by atoms with Crippen molar-refractivity contribution in [2.75, 3.05) is 0 Å². The number of carbonyl (C=O) groups is 1. The molecule has 106 valence electrons. The molecule has 0 aliphatic rings. The topological polar surface area (TPSA) is 62.2 Å². The summed E-state index contributed by atoms with van der Waals surface area (Å²) in [6, 6.07) is 5.67. The first kappa shape index (κ1) is 14.4. The average Bonchev–Trinajstić information content (AvgIpc) is 2.37. The van der Waals surface area contributed by atoms with Gasteiger partial charge in [0.1, 0.15) is 11.9 Å². The number of fused-ring (bicyclic) bond motifs is 1. The Kier molecular flexibility index (Phi) is 4.29. The molecule has 2 rings (SSSR count). The maximum atomic E-state index is 13.6. The molecule has 1 unspecified atom stereocenters. The molecule has 1 heterocycles. The molecule has 0 aliphatic carbocycles. The second kappa shape index (κ2) is 5.96. The molecule has 0 amide bonds. The second-order valence-corrected chi connectivity index (χ2v) is 5.08. The highest BCUT2D eigenvalue weighted by Gasteiger charge is 2.20. The zero-order valence-corrected chi connectivity index (χ0v) is 11.4. The number of rotatable bonds is 5. The van der Waals surface area contributed by atoms with Gasteiger partial charge in [0.25, 0.3) is 0 Å². The van der Waals surface area contributed by atoms with Crippen molar-refractivity contribution in [2.24, 2.45) is 5.92 Å². The molecule has 2 N–H and O–H groups in total. The molecule has 5 heteroatoms. The van der Waals surface area contributed by atoms with Gasteiger partial charge >= 0.3 is 5.97 Å². The zero-order valence-electron chi connectivity index (χ0n) is 11.4. The molecule has 4 nitrogen and oxygen atoms in total. The molecule has 20 heavy (non-hydrogen) atoms. The van der Waals surface area contributed by atoms with Gasteiger partial charge in [-0.1, -0.05) is 19.9 Å². The number of carboxylic acid groups (broad SMARTS) is 1. The monoisotopic (exact) mass is 276 g/mol. The summed E-state index contributed by atoms with van der Waals surface area (Å²) in [7, 11) is 0. The second-order valence-electron chi connectivity index (χ2n) is 5.08. The van der Waals surface area contributed by atoms with E-state index in [4.69, 9.17) is 5.11 Å². The van der Waals surface area contributed by atoms with Crippen LogP contribution in [0.25, 0.3) is 10.9 Å². The van der Waals surface area contributed by atoms with Crippen molar-refractivity contribution < 1.29 is 14.3 Å². The van der Waals surface area contributed by atoms with Gasteiger partial charge in [0.15, 0.2) is 0 Å². The number of aromatic nitrogens is 1. The highest BCUT2D eigenvalue weighted by atomic mass is 19.1. The fraction of sp³-hybridized carbons (Fsp3) is 0.333. The van der Waals surface area contributed by atoms with Crippen LogP contribution in [0.3, 0.4) is 0 Å². The third-order valence-electron chi connectivity index (χ3n) is 3.19. The van der Waals surface area contributed by atoms with Crippen LogP contribution < -0.4 is 5.32 Å². The number of hydrogen-bond acceptors (Lipinski definition) is 3. The van der Waals surface area contributed by atoms with Gasteiger partial charge in [0.05, 0.1) is 5.52 Å². The molecule has 2 aromatic rings. The quantitative estimate of drug-likeness (QED) is 0.881. The lowest BCUT2D eigenvalue weighted by Crippen LogP contribution is -2.40. The van der Waals surface area contributed by atoms with Crippen LogP contribution in [0.5, 0.6) is 0 Å². The standard InChI is InChI=1S/C15H17FN2O2/c1-9(2)13(15(19)20)18-8-11-7-12(16)6-10-4-3-5-17-14(10)11/h3-7,9,13,18H,8H2,1-2H3,(H,19,20). The van der Waals surface area contributed by atoms with E-state index < -0.39 is 12.0 Å². The van der Waals surface area contributed by atoms with E-state index in [0.717, 1.165) is 0 Å². The number of pyridine rings is 1. The fourth-order valence-electron chi connectivity index (χ4n) is 2.19. The molecule has 1 aromatic carbocycles. The number of aliphatic carboxylic acids is 1. The third kappa shape index (κ3) is 3.11. The lowest BCUT2D eigenvalue weighted by Gasteiger charge is -2.18. The summed E-state index contributed by atoms with van der Waals surface area (Å²) in [5.74, 6) is -1.31. The summed E-state index contributed by atoms with van der Waals surface area (Å²) in [6.07, 6.45) is 1.64. The van der Waals surface area contributed by atoms with Crippen molar-refractivity contribution >= 4 is 16.9 Å². The molecular formula is C15H17FN2O2. The van der Waals surface area contributed by atoms with E-state index in [1.54, 1.807) is 18.3 Å². The van der Waals surface area contributed by atoms with E-state index in [1.807, 2.05) is 13.8 Å². The van der Waals surface area contributed by atoms with Gasteiger partial charge in [-0.05, 0) is 29.7 Å². The van der Waals surface area contributed by atoms with Crippen molar-refractivity contribution in [1.82, 2.24) is 10.3 Å². The van der Waals surface area contributed by atoms with E-state index in [0.29, 0.717) is 16.5 Å². The molecule has 0 radical (unpaired) electrons. The Morgan fingerprint density at radius 3 is 2.85 bits per heavy atom. The number of hydrogen-bond donors (Lipinski definition) is 2. The first-order valence-corrected chi connectivity index (χ1v) is 6.48. The molecule has 1 atom stereocenters. The molecule has 1 aromatic heterocycles. The number of nitrogens with zero attached hydrogens (tertiary/aromatic N) is 1. The number of nitrogens with one attached hydrogen (secondary N) is 1. The molecule has 0 bridgehead atoms. The van der Waals surface area contributed by atoms with Crippen LogP contribution in [0.2, 0.25) is 0 Å². The van der Waals surface area contributed by atoms with Crippen LogP contribution in [-0.4, -0.2) is 22.1 Å². The number of halogens is 1. The van der Waals surface area contributed by atoms with Crippen molar-refractivity contribution in [2.45, 2.75) is 26.4 Å². The normalized spacial score (nSPS) is 12.8. The Labute approximate surface area is 116 Å². The summed E-state index contributed by atoms with van der Waals surface area (Å²) in [4.78, 5) is 15.4. The van der Waals surface area contributed by atoms with Crippen LogP contribution in [0.4, 0.5) is 4.39 Å². The van der Waals surface area contributed by atoms with E-state index in [1.165, 1.54) is 12.1 Å². The average molecular weight is 276 g/mol. The van der Waals surface area contributed by atoms with Gasteiger partial charge in [0.2, 0.25) is 0 Å². The molecule has 0 aliphatic heterocycles. The minimum atomic E-state index is -0.909. The van der Waals surface area contributed by atoms with Gasteiger partial charge in [0, 0.05) is 18.1 Å². The largest absolute Gasteiger partial charge is 0.480 e. The molecular weight excluding hydrogens is 259 g/mol. The predicted octanol–water partition coefficient (Wildman–Crippen LogP) is 2.57. The minimum absolute atomic E-state index is 0.0553. The summed E-state index contributed by atoms with van der Waals surface area (Å²) in [6.45, 7) is 3.92. The highest BCUT2D eigenvalue weighted by molar-refractivity contribution is 5.81. The Morgan fingerprint density at radius 2 is 2.20 bits per heavy atom. The summed E-state index contributed by atoms with van der Waals surface area (Å²) < 4.78 is 13.6. The Hall–Kier alpha value is -2.01. The Balaban J connectivity index is 2.27. The van der Waals surface area contributed by atoms with Crippen LogP contribution in [0.15, 0.2) is 30.5 Å². The van der Waals surface area contributed by atoms with Crippen molar-refractivity contribution in [1.29, 1.82) is 0 Å². The smallest absolute Gasteiger partial charge is 0.320 e. The lowest BCUT2D eigenvalue weighted by atomic mass is 10.0. The summed E-state index contributed by atoms with van der Waals surface area (Å²) >= 11 is 0. The molecule has 0 saturated carbocycles. The van der Waals surface area contributed by atoms with Gasteiger partial charge in [-0.15, -0.1) is 0 Å². The van der Waals surface area contributed by atoms with Crippen LogP contribution in [0, 0.1) is 11.7 Å². The van der Waals surface area contributed by atoms with E-state index >= 15 is 0 Å². The fourth-order valence-corrected chi connectivity index (χ4v) is 2.19. The minimum Gasteiger partial charge on any atom is -0.480 e. The van der Waals surface area contributed by atoms with Gasteiger partial charge < -0.3 is 5.11 Å². The number of carboxylic acids is 1. The molecule has 0 fully saturated rings. The Bertz CT molecular complexity index is 628. The van der Waals surface area contributed by atoms with E-state index in [-0.39, 0.29) is 18.3 Å². The SMILES string of the molecule is CC(C)C(NCc1cc(F)cc2cccnc12)C(=O)O. The highest BCUT2D eigenvalue weighted by Crippen LogP contribution is 2.18. The van der Waals surface area contributed by atoms with E-state index in [9.17, 15) is 9.18 Å². The van der Waals surface area contributed by atoms with Gasteiger partial charge in [-0.25, -0.2) is 4.39 Å². The lowest BCUT2D eigenvalue weighted by molar-refractivity contribution is -0.140. The van der Waals surface area contributed by atoms with Crippen LogP contribution >= 0.6 is 0 Å². The first-order valence-electron chi connectivity index (χ1n) is 6.48. The third-order valence-corrected chi connectivity index (χ3v) is 3.19. The van der Waals surface area contributed by atoms with Crippen molar-refractivity contribution in [3.8, 4) is 0 Å².